The molecule has 1 N–H and O–H groups in total. The number of hydrogen-bond donors (Lipinski definition) is 1. The lowest BCUT2D eigenvalue weighted by molar-refractivity contribution is -0.141. The monoisotopic (exact) mass is 348 g/mol. The summed E-state index contributed by atoms with van der Waals surface area (Å²) in [6.45, 7) is 2.96. The molecular formula is C17H24N4O4. The maximum atomic E-state index is 12.5. The highest BCUT2D eigenvalue weighted by molar-refractivity contribution is 5.94. The second-order valence-corrected chi connectivity index (χ2v) is 6.94. The minimum Gasteiger partial charge on any atom is -0.360 e. The number of nitrogens with one attached hydrogen (secondary N) is 1. The first-order valence-electron chi connectivity index (χ1n) is 8.71. The topological polar surface area (TPSA) is 95.8 Å². The molecule has 1 saturated carbocycles. The van der Waals surface area contributed by atoms with Crippen molar-refractivity contribution < 1.29 is 18.9 Å². The number of anilines is 1. The van der Waals surface area contributed by atoms with Gasteiger partial charge in [-0.25, -0.2) is 0 Å². The molecule has 0 atom stereocenters. The van der Waals surface area contributed by atoms with Gasteiger partial charge in [0.15, 0.2) is 5.82 Å². The van der Waals surface area contributed by atoms with E-state index in [9.17, 15) is 14.4 Å². The van der Waals surface area contributed by atoms with E-state index in [0.717, 1.165) is 12.8 Å². The molecule has 0 bridgehead atoms. The molecule has 0 unspecified atom stereocenters. The van der Waals surface area contributed by atoms with Gasteiger partial charge in [-0.15, -0.1) is 0 Å². The van der Waals surface area contributed by atoms with Crippen LogP contribution in [0.15, 0.2) is 10.6 Å². The number of amides is 3. The summed E-state index contributed by atoms with van der Waals surface area (Å²) in [6, 6.07) is 1.62. The van der Waals surface area contributed by atoms with E-state index in [1.807, 2.05) is 4.90 Å². The summed E-state index contributed by atoms with van der Waals surface area (Å²) in [5.74, 6) is 0.911. The molecule has 0 radical (unpaired) electrons. The normalized spacial score (nSPS) is 18.1. The molecule has 2 aliphatic rings. The molecular weight excluding hydrogens is 324 g/mol. The number of nitrogens with zero attached hydrogens (tertiary/aromatic N) is 3. The van der Waals surface area contributed by atoms with Gasteiger partial charge in [0.25, 0.3) is 0 Å². The quantitative estimate of drug-likeness (QED) is 0.857. The van der Waals surface area contributed by atoms with Crippen molar-refractivity contribution in [3.05, 3.63) is 11.8 Å². The fourth-order valence-electron chi connectivity index (χ4n) is 3.15. The van der Waals surface area contributed by atoms with Crippen LogP contribution in [0.4, 0.5) is 5.82 Å². The molecule has 1 aromatic heterocycles. The molecule has 25 heavy (non-hydrogen) atoms. The molecule has 3 amide bonds. The van der Waals surface area contributed by atoms with E-state index in [-0.39, 0.29) is 36.1 Å². The van der Waals surface area contributed by atoms with E-state index in [4.69, 9.17) is 4.52 Å². The van der Waals surface area contributed by atoms with E-state index in [1.54, 1.807) is 20.0 Å². The summed E-state index contributed by atoms with van der Waals surface area (Å²) in [4.78, 5) is 39.9. The van der Waals surface area contributed by atoms with Crippen LogP contribution in [0.2, 0.25) is 0 Å². The van der Waals surface area contributed by atoms with E-state index in [1.165, 1.54) is 4.90 Å². The lowest BCUT2D eigenvalue weighted by Crippen LogP contribution is -2.45. The first-order chi connectivity index (χ1) is 11.9. The van der Waals surface area contributed by atoms with E-state index in [0.29, 0.717) is 37.5 Å². The molecule has 8 nitrogen and oxygen atoms in total. The fraction of sp³-hybridized carbons (Fsp3) is 0.647. The van der Waals surface area contributed by atoms with Crippen molar-refractivity contribution in [2.45, 2.75) is 32.6 Å². The van der Waals surface area contributed by atoms with Gasteiger partial charge in [0.2, 0.25) is 17.7 Å². The Labute approximate surface area is 146 Å². The molecule has 8 heteroatoms. The summed E-state index contributed by atoms with van der Waals surface area (Å²) in [5.41, 5.74) is 0. The Kier molecular flexibility index (Phi) is 5.06. The van der Waals surface area contributed by atoms with Crippen molar-refractivity contribution in [1.82, 2.24) is 15.0 Å². The smallest absolute Gasteiger partial charge is 0.245 e. The van der Waals surface area contributed by atoms with Crippen molar-refractivity contribution in [2.75, 3.05) is 32.0 Å². The zero-order valence-electron chi connectivity index (χ0n) is 14.7. The maximum absolute atomic E-state index is 12.5. The van der Waals surface area contributed by atoms with Crippen molar-refractivity contribution in [1.29, 1.82) is 0 Å². The molecule has 0 spiro atoms. The fourth-order valence-corrected chi connectivity index (χ4v) is 3.15. The van der Waals surface area contributed by atoms with Gasteiger partial charge in [-0.3, -0.25) is 14.4 Å². The van der Waals surface area contributed by atoms with E-state index in [2.05, 4.69) is 10.5 Å². The second kappa shape index (κ2) is 7.25. The Morgan fingerprint density at radius 1 is 1.24 bits per heavy atom. The number of piperidine rings is 1. The lowest BCUT2D eigenvalue weighted by Gasteiger charge is -2.33. The summed E-state index contributed by atoms with van der Waals surface area (Å²) >= 11 is 0. The average Bonchev–Trinajstić information content (AvgIpc) is 3.37. The van der Waals surface area contributed by atoms with Gasteiger partial charge in [0.1, 0.15) is 5.76 Å². The summed E-state index contributed by atoms with van der Waals surface area (Å²) in [6.07, 6.45) is 3.32. The number of likely N-dealkylation sites (tertiary alicyclic amines) is 1. The van der Waals surface area contributed by atoms with Crippen LogP contribution in [0, 0.1) is 18.8 Å². The summed E-state index contributed by atoms with van der Waals surface area (Å²) in [7, 11) is 1.62. The van der Waals surface area contributed by atoms with E-state index >= 15 is 0 Å². The lowest BCUT2D eigenvalue weighted by atomic mass is 9.95. The number of carbonyl (C=O) groups excluding carboxylic acids is 3. The molecule has 1 saturated heterocycles. The highest BCUT2D eigenvalue weighted by Crippen LogP contribution is 2.32. The van der Waals surface area contributed by atoms with Crippen molar-refractivity contribution in [3.63, 3.8) is 0 Å². The maximum Gasteiger partial charge on any atom is 0.245 e. The Hall–Kier alpha value is -2.38. The number of aromatic nitrogens is 1. The highest BCUT2D eigenvalue weighted by atomic mass is 16.5. The predicted molar refractivity (Wildman–Crippen MR) is 89.5 cm³/mol. The Morgan fingerprint density at radius 3 is 2.48 bits per heavy atom. The van der Waals surface area contributed by atoms with Crippen LogP contribution in [-0.2, 0) is 14.4 Å². The van der Waals surface area contributed by atoms with Crippen LogP contribution >= 0.6 is 0 Å². The van der Waals surface area contributed by atoms with Crippen LogP contribution in [0.25, 0.3) is 0 Å². The van der Waals surface area contributed by atoms with Crippen molar-refractivity contribution in [2.24, 2.45) is 11.8 Å². The predicted octanol–water partition coefficient (Wildman–Crippen LogP) is 1.03. The molecule has 2 fully saturated rings. The summed E-state index contributed by atoms with van der Waals surface area (Å²) in [5, 5.41) is 6.30. The SMILES string of the molecule is Cc1cc(NC(=O)CN(C)C(=O)C2CCN(C(=O)C3CC3)CC2)no1. The number of carbonyl (C=O) groups is 3. The number of likely N-dealkylation sites (N-methyl/N-ethyl adjacent to an activating group) is 1. The molecule has 2 heterocycles. The Morgan fingerprint density at radius 2 is 1.92 bits per heavy atom. The van der Waals surface area contributed by atoms with Crippen molar-refractivity contribution >= 4 is 23.5 Å². The standard InChI is InChI=1S/C17H24N4O4/c1-11-9-14(19-25-11)18-15(22)10-20(2)16(23)13-5-7-21(8-6-13)17(24)12-3-4-12/h9,12-13H,3-8,10H2,1-2H3,(H,18,19,22). The van der Waals surface area contributed by atoms with Gasteiger partial charge < -0.3 is 19.6 Å². The largest absolute Gasteiger partial charge is 0.360 e. The van der Waals surface area contributed by atoms with Crippen LogP contribution in [0.1, 0.15) is 31.4 Å². The van der Waals surface area contributed by atoms with Crippen molar-refractivity contribution in [3.8, 4) is 0 Å². The van der Waals surface area contributed by atoms with Crippen LogP contribution in [0.5, 0.6) is 0 Å². The van der Waals surface area contributed by atoms with Gasteiger partial charge in [0.05, 0.1) is 6.54 Å². The molecule has 3 rings (SSSR count). The van der Waals surface area contributed by atoms with E-state index < -0.39 is 0 Å². The van der Waals surface area contributed by atoms with Gasteiger partial charge in [-0.1, -0.05) is 5.16 Å². The zero-order valence-corrected chi connectivity index (χ0v) is 14.7. The first-order valence-corrected chi connectivity index (χ1v) is 8.71. The highest BCUT2D eigenvalue weighted by Gasteiger charge is 2.36. The average molecular weight is 348 g/mol. The second-order valence-electron chi connectivity index (χ2n) is 6.94. The van der Waals surface area contributed by atoms with Crippen LogP contribution in [0.3, 0.4) is 0 Å². The molecule has 1 aliphatic carbocycles. The number of aryl methyl sites for hydroxylation is 1. The first kappa shape index (κ1) is 17.4. The van der Waals surface area contributed by atoms with Gasteiger partial charge in [-0.05, 0) is 32.6 Å². The molecule has 136 valence electrons. The summed E-state index contributed by atoms with van der Waals surface area (Å²) < 4.78 is 4.89. The van der Waals surface area contributed by atoms with Crippen LogP contribution in [-0.4, -0.2) is 59.4 Å². The van der Waals surface area contributed by atoms with Gasteiger partial charge in [0, 0.05) is 38.0 Å². The van der Waals surface area contributed by atoms with Gasteiger partial charge >= 0.3 is 0 Å². The Bertz CT molecular complexity index is 659. The number of rotatable bonds is 5. The third kappa shape index (κ3) is 4.37. The minimum absolute atomic E-state index is 0.0358. The third-order valence-corrected chi connectivity index (χ3v) is 4.73. The Balaban J connectivity index is 1.44. The number of hydrogen-bond acceptors (Lipinski definition) is 5. The van der Waals surface area contributed by atoms with Crippen LogP contribution < -0.4 is 5.32 Å². The molecule has 0 aromatic carbocycles. The third-order valence-electron chi connectivity index (χ3n) is 4.73. The minimum atomic E-state index is -0.314. The molecule has 1 aromatic rings. The molecule has 1 aliphatic heterocycles. The van der Waals surface area contributed by atoms with Gasteiger partial charge in [-0.2, -0.15) is 0 Å². The zero-order chi connectivity index (χ0) is 18.0.